The molecule has 0 fully saturated rings. The third-order valence-corrected chi connectivity index (χ3v) is 3.92. The van der Waals surface area contributed by atoms with Gasteiger partial charge in [-0.2, -0.15) is 0 Å². The number of para-hydroxylation sites is 1. The molecule has 1 amide bonds. The van der Waals surface area contributed by atoms with Gasteiger partial charge in [-0.3, -0.25) is 4.79 Å². The summed E-state index contributed by atoms with van der Waals surface area (Å²) >= 11 is 0. The predicted octanol–water partition coefficient (Wildman–Crippen LogP) is 4.72. The first-order valence-electron chi connectivity index (χ1n) is 7.48. The maximum Gasteiger partial charge on any atom is 0.294 e. The van der Waals surface area contributed by atoms with Crippen LogP contribution in [0.3, 0.4) is 0 Å². The second kappa shape index (κ2) is 5.68. The van der Waals surface area contributed by atoms with Crippen molar-refractivity contribution in [3.63, 3.8) is 0 Å². The maximum atomic E-state index is 12.9. The molecule has 0 saturated carbocycles. The molecule has 112 valence electrons. The minimum absolute atomic E-state index is 0.0972. The third kappa shape index (κ3) is 2.39. The lowest BCUT2D eigenvalue weighted by molar-refractivity contribution is 0.0963. The number of fused-ring (bicyclic) bond motifs is 1. The van der Waals surface area contributed by atoms with E-state index in [1.54, 1.807) is 4.90 Å². The second-order valence-corrected chi connectivity index (χ2v) is 5.44. The summed E-state index contributed by atoms with van der Waals surface area (Å²) in [6.07, 6.45) is 0. The molecule has 3 nitrogen and oxygen atoms in total. The molecule has 0 N–H and O–H groups in total. The zero-order valence-corrected chi connectivity index (χ0v) is 13.1. The van der Waals surface area contributed by atoms with E-state index in [-0.39, 0.29) is 5.91 Å². The molecule has 0 aliphatic heterocycles. The highest BCUT2D eigenvalue weighted by molar-refractivity contribution is 6.07. The van der Waals surface area contributed by atoms with Gasteiger partial charge in [0.25, 0.3) is 5.91 Å². The Bertz CT molecular complexity index is 818. The normalized spacial score (nSPS) is 10.9. The number of rotatable bonds is 3. The van der Waals surface area contributed by atoms with Crippen LogP contribution in [0, 0.1) is 13.8 Å². The molecular weight excluding hydrogens is 274 g/mol. The molecule has 0 bridgehead atoms. The van der Waals surface area contributed by atoms with Gasteiger partial charge in [0.15, 0.2) is 5.76 Å². The molecule has 0 unspecified atom stereocenters. The summed E-state index contributed by atoms with van der Waals surface area (Å²) in [5.74, 6) is 0.325. The fraction of sp³-hybridized carbons (Fsp3) is 0.211. The lowest BCUT2D eigenvalue weighted by atomic mass is 10.1. The minimum atomic E-state index is -0.0972. The molecule has 3 aromatic rings. The number of benzene rings is 2. The predicted molar refractivity (Wildman–Crippen MR) is 89.5 cm³/mol. The average Bonchev–Trinajstić information content (AvgIpc) is 2.85. The molecule has 0 aliphatic rings. The van der Waals surface area contributed by atoms with Crippen molar-refractivity contribution < 1.29 is 9.21 Å². The molecule has 0 atom stereocenters. The Hall–Kier alpha value is -2.55. The summed E-state index contributed by atoms with van der Waals surface area (Å²) in [5.41, 5.74) is 3.67. The van der Waals surface area contributed by atoms with Crippen LogP contribution in [0.1, 0.15) is 28.6 Å². The molecule has 3 heteroatoms. The Morgan fingerprint density at radius 3 is 2.50 bits per heavy atom. The highest BCUT2D eigenvalue weighted by atomic mass is 16.3. The van der Waals surface area contributed by atoms with E-state index in [9.17, 15) is 4.79 Å². The molecule has 3 rings (SSSR count). The Balaban J connectivity index is 2.06. The monoisotopic (exact) mass is 293 g/mol. The van der Waals surface area contributed by atoms with Gasteiger partial charge >= 0.3 is 0 Å². The van der Waals surface area contributed by atoms with Crippen LogP contribution in [-0.4, -0.2) is 12.5 Å². The van der Waals surface area contributed by atoms with E-state index in [1.165, 1.54) is 0 Å². The van der Waals surface area contributed by atoms with Crippen molar-refractivity contribution in [1.82, 2.24) is 0 Å². The fourth-order valence-electron chi connectivity index (χ4n) is 2.71. The number of amides is 1. The molecule has 0 spiro atoms. The number of hydrogen-bond donors (Lipinski definition) is 0. The van der Waals surface area contributed by atoms with Crippen molar-refractivity contribution in [1.29, 1.82) is 0 Å². The molecule has 0 radical (unpaired) electrons. The summed E-state index contributed by atoms with van der Waals surface area (Å²) in [6, 6.07) is 15.7. The summed E-state index contributed by atoms with van der Waals surface area (Å²) in [7, 11) is 0. The number of hydrogen-bond acceptors (Lipinski definition) is 2. The Morgan fingerprint density at radius 2 is 1.82 bits per heavy atom. The summed E-state index contributed by atoms with van der Waals surface area (Å²) in [4.78, 5) is 14.6. The third-order valence-electron chi connectivity index (χ3n) is 3.92. The van der Waals surface area contributed by atoms with Gasteiger partial charge in [0, 0.05) is 23.2 Å². The standard InChI is InChI=1S/C19H19NO2/c1-4-20(15-8-6-5-7-9-15)19(21)18-14(3)16-11-10-13(2)12-17(16)22-18/h5-12H,4H2,1-3H3. The lowest BCUT2D eigenvalue weighted by Gasteiger charge is -2.20. The van der Waals surface area contributed by atoms with E-state index < -0.39 is 0 Å². The topological polar surface area (TPSA) is 33.5 Å². The summed E-state index contributed by atoms with van der Waals surface area (Å²) in [5, 5.41) is 0.998. The van der Waals surface area contributed by atoms with Gasteiger partial charge in [-0.25, -0.2) is 0 Å². The van der Waals surface area contributed by atoms with E-state index in [4.69, 9.17) is 4.42 Å². The fourth-order valence-corrected chi connectivity index (χ4v) is 2.71. The van der Waals surface area contributed by atoms with Crippen LogP contribution in [0.15, 0.2) is 52.9 Å². The zero-order chi connectivity index (χ0) is 15.7. The van der Waals surface area contributed by atoms with E-state index in [0.29, 0.717) is 12.3 Å². The largest absolute Gasteiger partial charge is 0.451 e. The summed E-state index contributed by atoms with van der Waals surface area (Å²) < 4.78 is 5.85. The molecule has 2 aromatic carbocycles. The first kappa shape index (κ1) is 14.4. The van der Waals surface area contributed by atoms with Crippen molar-refractivity contribution in [2.45, 2.75) is 20.8 Å². The maximum absolute atomic E-state index is 12.9. The SMILES string of the molecule is CCN(C(=O)c1oc2cc(C)ccc2c1C)c1ccccc1. The Morgan fingerprint density at radius 1 is 1.09 bits per heavy atom. The van der Waals surface area contributed by atoms with Crippen molar-refractivity contribution in [3.05, 3.63) is 65.4 Å². The van der Waals surface area contributed by atoms with Gasteiger partial charge in [-0.05, 0) is 44.5 Å². The molecule has 1 heterocycles. The highest BCUT2D eigenvalue weighted by Crippen LogP contribution is 2.28. The van der Waals surface area contributed by atoms with Crippen molar-refractivity contribution in [2.75, 3.05) is 11.4 Å². The zero-order valence-electron chi connectivity index (χ0n) is 13.1. The van der Waals surface area contributed by atoms with E-state index >= 15 is 0 Å². The quantitative estimate of drug-likeness (QED) is 0.700. The van der Waals surface area contributed by atoms with Gasteiger partial charge in [0.05, 0.1) is 0 Å². The van der Waals surface area contributed by atoms with Crippen molar-refractivity contribution >= 4 is 22.6 Å². The molecule has 0 saturated heterocycles. The van der Waals surface area contributed by atoms with E-state index in [2.05, 4.69) is 0 Å². The lowest BCUT2D eigenvalue weighted by Crippen LogP contribution is -2.30. The van der Waals surface area contributed by atoms with Gasteiger partial charge < -0.3 is 9.32 Å². The van der Waals surface area contributed by atoms with Gasteiger partial charge in [0.1, 0.15) is 5.58 Å². The van der Waals surface area contributed by atoms with Crippen LogP contribution < -0.4 is 4.90 Å². The van der Waals surface area contributed by atoms with Crippen LogP contribution in [0.2, 0.25) is 0 Å². The molecular formula is C19H19NO2. The van der Waals surface area contributed by atoms with Gasteiger partial charge in [-0.1, -0.05) is 30.3 Å². The Labute approximate surface area is 130 Å². The Kier molecular flexibility index (Phi) is 3.72. The highest BCUT2D eigenvalue weighted by Gasteiger charge is 2.23. The number of nitrogens with zero attached hydrogens (tertiary/aromatic N) is 1. The number of carbonyl (C=O) groups is 1. The van der Waals surface area contributed by atoms with Gasteiger partial charge in [0.2, 0.25) is 0 Å². The van der Waals surface area contributed by atoms with Crippen LogP contribution >= 0.6 is 0 Å². The first-order valence-corrected chi connectivity index (χ1v) is 7.48. The number of aryl methyl sites for hydroxylation is 2. The van der Waals surface area contributed by atoms with Crippen molar-refractivity contribution in [3.8, 4) is 0 Å². The van der Waals surface area contributed by atoms with E-state index in [1.807, 2.05) is 69.3 Å². The molecule has 1 aromatic heterocycles. The summed E-state index contributed by atoms with van der Waals surface area (Å²) in [6.45, 7) is 6.51. The number of furan rings is 1. The second-order valence-electron chi connectivity index (χ2n) is 5.44. The van der Waals surface area contributed by atoms with Crippen LogP contribution in [0.25, 0.3) is 11.0 Å². The van der Waals surface area contributed by atoms with Crippen molar-refractivity contribution in [2.24, 2.45) is 0 Å². The number of carbonyl (C=O) groups excluding carboxylic acids is 1. The number of anilines is 1. The van der Waals surface area contributed by atoms with Crippen LogP contribution in [-0.2, 0) is 0 Å². The first-order chi connectivity index (χ1) is 10.6. The minimum Gasteiger partial charge on any atom is -0.451 e. The molecule has 0 aliphatic carbocycles. The molecule has 22 heavy (non-hydrogen) atoms. The van der Waals surface area contributed by atoms with Crippen LogP contribution in [0.4, 0.5) is 5.69 Å². The average molecular weight is 293 g/mol. The smallest absolute Gasteiger partial charge is 0.294 e. The van der Waals surface area contributed by atoms with E-state index in [0.717, 1.165) is 27.8 Å². The van der Waals surface area contributed by atoms with Gasteiger partial charge in [-0.15, -0.1) is 0 Å². The van der Waals surface area contributed by atoms with Crippen LogP contribution in [0.5, 0.6) is 0 Å².